The van der Waals surface area contributed by atoms with Crippen LogP contribution in [-0.2, 0) is 6.54 Å². The fraction of sp³-hybridized carbons (Fsp3) is 0.158. The van der Waals surface area contributed by atoms with Gasteiger partial charge in [-0.2, -0.15) is 0 Å². The summed E-state index contributed by atoms with van der Waals surface area (Å²) in [5, 5.41) is 10.8. The smallest absolute Gasteiger partial charge is 0.261 e. The van der Waals surface area contributed by atoms with Gasteiger partial charge in [0.05, 0.1) is 18.0 Å². The lowest BCUT2D eigenvalue weighted by Gasteiger charge is -2.07. The van der Waals surface area contributed by atoms with E-state index >= 15 is 0 Å². The van der Waals surface area contributed by atoms with Crippen molar-refractivity contribution in [2.75, 3.05) is 7.11 Å². The topological polar surface area (TPSA) is 64.4 Å². The van der Waals surface area contributed by atoms with E-state index in [2.05, 4.69) is 4.98 Å². The van der Waals surface area contributed by atoms with Crippen LogP contribution in [0.4, 0.5) is 0 Å². The van der Waals surface area contributed by atoms with Crippen LogP contribution in [0, 0.1) is 0 Å². The first-order valence-electron chi connectivity index (χ1n) is 7.85. The number of phenolic OH excluding ortho intramolecular Hbond substituents is 1. The normalized spacial score (nSPS) is 14.9. The fourth-order valence-electron chi connectivity index (χ4n) is 3.11. The van der Waals surface area contributed by atoms with Crippen molar-refractivity contribution in [3.8, 4) is 11.5 Å². The lowest BCUT2D eigenvalue weighted by atomic mass is 10.1. The monoisotopic (exact) mass is 354 g/mol. The standard InChI is InChI=1S/C19H15ClN2O3/c1-25-17-9-11(2-5-16(17)23)8-12-6-7-22-18(12)21-15-4-3-13(20)10-14(15)19(22)24/h2-5,8-10,23H,6-7H2,1H3/b12-8+. The number of nitrogens with zero attached hydrogens (tertiary/aromatic N) is 2. The molecule has 5 nitrogen and oxygen atoms in total. The van der Waals surface area contributed by atoms with Crippen molar-refractivity contribution in [2.45, 2.75) is 13.0 Å². The summed E-state index contributed by atoms with van der Waals surface area (Å²) in [6.45, 7) is 0.588. The molecule has 0 aliphatic carbocycles. The maximum absolute atomic E-state index is 12.7. The van der Waals surface area contributed by atoms with Crippen LogP contribution in [0.25, 0.3) is 22.6 Å². The minimum atomic E-state index is -0.0748. The Morgan fingerprint density at radius 3 is 2.92 bits per heavy atom. The molecule has 0 spiro atoms. The van der Waals surface area contributed by atoms with Gasteiger partial charge >= 0.3 is 0 Å². The number of aromatic nitrogens is 2. The van der Waals surface area contributed by atoms with Gasteiger partial charge in [-0.05, 0) is 54.0 Å². The van der Waals surface area contributed by atoms with E-state index in [4.69, 9.17) is 16.3 Å². The van der Waals surface area contributed by atoms with Gasteiger partial charge < -0.3 is 9.84 Å². The maximum atomic E-state index is 12.7. The minimum Gasteiger partial charge on any atom is -0.504 e. The molecule has 126 valence electrons. The zero-order chi connectivity index (χ0) is 17.6. The van der Waals surface area contributed by atoms with Crippen LogP contribution < -0.4 is 10.3 Å². The van der Waals surface area contributed by atoms with Crippen molar-refractivity contribution < 1.29 is 9.84 Å². The summed E-state index contributed by atoms with van der Waals surface area (Å²) < 4.78 is 6.83. The third kappa shape index (κ3) is 2.66. The zero-order valence-electron chi connectivity index (χ0n) is 13.5. The number of halogens is 1. The molecular formula is C19H15ClN2O3. The summed E-state index contributed by atoms with van der Waals surface area (Å²) in [7, 11) is 1.51. The van der Waals surface area contributed by atoms with Gasteiger partial charge in [0.2, 0.25) is 0 Å². The Bertz CT molecular complexity index is 1090. The van der Waals surface area contributed by atoms with Gasteiger partial charge in [-0.1, -0.05) is 17.7 Å². The highest BCUT2D eigenvalue weighted by molar-refractivity contribution is 6.31. The van der Waals surface area contributed by atoms with Crippen LogP contribution in [0.15, 0.2) is 41.2 Å². The number of rotatable bonds is 2. The van der Waals surface area contributed by atoms with Crippen LogP contribution in [0.1, 0.15) is 17.8 Å². The molecule has 2 aromatic carbocycles. The van der Waals surface area contributed by atoms with Crippen molar-refractivity contribution in [3.05, 3.63) is 63.2 Å². The third-order valence-corrected chi connectivity index (χ3v) is 4.59. The highest BCUT2D eigenvalue weighted by Crippen LogP contribution is 2.31. The molecule has 0 bridgehead atoms. The number of allylic oxidation sites excluding steroid dienone is 1. The average molecular weight is 355 g/mol. The van der Waals surface area contributed by atoms with Gasteiger partial charge in [-0.3, -0.25) is 9.36 Å². The van der Waals surface area contributed by atoms with Crippen LogP contribution >= 0.6 is 11.6 Å². The molecule has 1 aliphatic heterocycles. The Hall–Kier alpha value is -2.79. The molecule has 6 heteroatoms. The highest BCUT2D eigenvalue weighted by Gasteiger charge is 2.21. The molecule has 0 fully saturated rings. The van der Waals surface area contributed by atoms with Gasteiger partial charge in [0, 0.05) is 11.6 Å². The Morgan fingerprint density at radius 2 is 2.12 bits per heavy atom. The first-order valence-corrected chi connectivity index (χ1v) is 8.22. The van der Waals surface area contributed by atoms with Crippen molar-refractivity contribution in [1.82, 2.24) is 9.55 Å². The Labute approximate surface area is 148 Å². The summed E-state index contributed by atoms with van der Waals surface area (Å²) in [4.78, 5) is 17.4. The Morgan fingerprint density at radius 1 is 1.28 bits per heavy atom. The summed E-state index contributed by atoms with van der Waals surface area (Å²) in [5.41, 5.74) is 2.41. The SMILES string of the molecule is COc1cc(/C=C2\CCn3c2nc2ccc(Cl)cc2c3=O)ccc1O. The van der Waals surface area contributed by atoms with Crippen molar-refractivity contribution in [1.29, 1.82) is 0 Å². The molecule has 1 N–H and O–H groups in total. The first-order chi connectivity index (χ1) is 12.1. The number of hydrogen-bond donors (Lipinski definition) is 1. The molecule has 3 aromatic rings. The minimum absolute atomic E-state index is 0.0748. The Kier molecular flexibility index (Phi) is 3.73. The highest BCUT2D eigenvalue weighted by atomic mass is 35.5. The molecule has 4 rings (SSSR count). The largest absolute Gasteiger partial charge is 0.504 e. The first kappa shape index (κ1) is 15.7. The number of ether oxygens (including phenoxy) is 1. The van der Waals surface area contributed by atoms with E-state index in [1.165, 1.54) is 7.11 Å². The van der Waals surface area contributed by atoms with Gasteiger partial charge in [-0.25, -0.2) is 4.98 Å². The molecule has 0 radical (unpaired) electrons. The molecular weight excluding hydrogens is 340 g/mol. The molecule has 0 atom stereocenters. The predicted octanol–water partition coefficient (Wildman–Crippen LogP) is 3.71. The molecule has 0 unspecified atom stereocenters. The summed E-state index contributed by atoms with van der Waals surface area (Å²) in [6.07, 6.45) is 2.68. The van der Waals surface area contributed by atoms with Crippen LogP contribution in [0.5, 0.6) is 11.5 Å². The lowest BCUT2D eigenvalue weighted by molar-refractivity contribution is 0.373. The van der Waals surface area contributed by atoms with Gasteiger partial charge in [-0.15, -0.1) is 0 Å². The van der Waals surface area contributed by atoms with E-state index in [0.717, 1.165) is 17.6 Å². The quantitative estimate of drug-likeness (QED) is 0.762. The second kappa shape index (κ2) is 5.93. The number of hydrogen-bond acceptors (Lipinski definition) is 4. The van der Waals surface area contributed by atoms with Gasteiger partial charge in [0.1, 0.15) is 5.82 Å². The molecule has 0 saturated carbocycles. The second-order valence-corrected chi connectivity index (χ2v) is 6.34. The number of fused-ring (bicyclic) bond motifs is 2. The van der Waals surface area contributed by atoms with E-state index in [1.54, 1.807) is 41.0 Å². The maximum Gasteiger partial charge on any atom is 0.261 e. The van der Waals surface area contributed by atoms with E-state index in [9.17, 15) is 9.90 Å². The fourth-order valence-corrected chi connectivity index (χ4v) is 3.28. The van der Waals surface area contributed by atoms with E-state index in [-0.39, 0.29) is 11.3 Å². The van der Waals surface area contributed by atoms with Gasteiger partial charge in [0.15, 0.2) is 11.5 Å². The van der Waals surface area contributed by atoms with Crippen molar-refractivity contribution in [3.63, 3.8) is 0 Å². The molecule has 0 saturated heterocycles. The second-order valence-electron chi connectivity index (χ2n) is 5.90. The molecule has 1 aliphatic rings. The summed E-state index contributed by atoms with van der Waals surface area (Å²) in [5.74, 6) is 1.17. The molecule has 2 heterocycles. The van der Waals surface area contributed by atoms with Crippen LogP contribution in [0.3, 0.4) is 0 Å². The summed E-state index contributed by atoms with van der Waals surface area (Å²) in [6, 6.07) is 10.3. The number of benzene rings is 2. The van der Waals surface area contributed by atoms with Gasteiger partial charge in [0.25, 0.3) is 5.56 Å². The van der Waals surface area contributed by atoms with Crippen molar-refractivity contribution in [2.24, 2.45) is 0 Å². The summed E-state index contributed by atoms with van der Waals surface area (Å²) >= 11 is 6.00. The lowest BCUT2D eigenvalue weighted by Crippen LogP contribution is -2.20. The predicted molar refractivity (Wildman–Crippen MR) is 98.2 cm³/mol. The zero-order valence-corrected chi connectivity index (χ0v) is 14.2. The van der Waals surface area contributed by atoms with Crippen LogP contribution in [0.2, 0.25) is 5.02 Å². The third-order valence-electron chi connectivity index (χ3n) is 4.35. The van der Waals surface area contributed by atoms with E-state index in [0.29, 0.717) is 34.0 Å². The van der Waals surface area contributed by atoms with Crippen molar-refractivity contribution >= 4 is 34.2 Å². The van der Waals surface area contributed by atoms with E-state index < -0.39 is 0 Å². The average Bonchev–Trinajstić information content (AvgIpc) is 3.00. The van der Waals surface area contributed by atoms with Crippen LogP contribution in [-0.4, -0.2) is 21.8 Å². The van der Waals surface area contributed by atoms with E-state index in [1.807, 2.05) is 6.08 Å². The molecule has 0 amide bonds. The molecule has 25 heavy (non-hydrogen) atoms. The number of aromatic hydroxyl groups is 1. The number of methoxy groups -OCH3 is 1. The molecule has 1 aromatic heterocycles. The Balaban J connectivity index is 1.86. The number of phenols is 1.